The molecule has 0 unspecified atom stereocenters. The van der Waals surface area contributed by atoms with Crippen LogP contribution < -0.4 is 5.32 Å². The third kappa shape index (κ3) is 13.6. The zero-order valence-corrected chi connectivity index (χ0v) is 13.2. The molecule has 0 aromatic carbocycles. The third-order valence-corrected chi connectivity index (χ3v) is 3.15. The number of unbranched alkanes of at least 4 members (excludes halogenated alkanes) is 5. The number of carbonyl (C=O) groups is 1. The zero-order valence-electron chi connectivity index (χ0n) is 13.2. The minimum absolute atomic E-state index is 0.0770. The monoisotopic (exact) mass is 273 g/mol. The highest BCUT2D eigenvalue weighted by molar-refractivity contribution is 5.67. The van der Waals surface area contributed by atoms with Crippen molar-refractivity contribution in [2.75, 3.05) is 34.2 Å². The van der Waals surface area contributed by atoms with Gasteiger partial charge in [0.05, 0.1) is 40.2 Å². The molecule has 0 aliphatic rings. The Balaban J connectivity index is 3.77. The van der Waals surface area contributed by atoms with Crippen LogP contribution in [-0.4, -0.2) is 55.8 Å². The summed E-state index contributed by atoms with van der Waals surface area (Å²) in [6, 6.07) is 0.0770. The summed E-state index contributed by atoms with van der Waals surface area (Å²) < 4.78 is 0.793. The second kappa shape index (κ2) is 10.2. The maximum Gasteiger partial charge on any atom is 0.305 e. The van der Waals surface area contributed by atoms with Crippen molar-refractivity contribution in [3.05, 3.63) is 0 Å². The molecule has 0 aliphatic heterocycles. The number of aliphatic carboxylic acids is 1. The fourth-order valence-electron chi connectivity index (χ4n) is 2.28. The lowest BCUT2D eigenvalue weighted by Crippen LogP contribution is -2.48. The fraction of sp³-hybridized carbons (Fsp3) is 0.933. The van der Waals surface area contributed by atoms with Gasteiger partial charge < -0.3 is 14.9 Å². The van der Waals surface area contributed by atoms with E-state index in [2.05, 4.69) is 33.4 Å². The molecule has 0 saturated heterocycles. The first kappa shape index (κ1) is 18.4. The van der Waals surface area contributed by atoms with Gasteiger partial charge in [-0.1, -0.05) is 39.0 Å². The van der Waals surface area contributed by atoms with E-state index >= 15 is 0 Å². The lowest BCUT2D eigenvalue weighted by molar-refractivity contribution is -0.871. The van der Waals surface area contributed by atoms with E-state index < -0.39 is 5.97 Å². The van der Waals surface area contributed by atoms with Crippen molar-refractivity contribution in [2.24, 2.45) is 0 Å². The van der Waals surface area contributed by atoms with Crippen molar-refractivity contribution in [1.29, 1.82) is 0 Å². The van der Waals surface area contributed by atoms with Gasteiger partial charge in [0.25, 0.3) is 0 Å². The predicted molar refractivity (Wildman–Crippen MR) is 80.3 cm³/mol. The van der Waals surface area contributed by atoms with Gasteiger partial charge in [0.1, 0.15) is 0 Å². The minimum Gasteiger partial charge on any atom is -0.481 e. The topological polar surface area (TPSA) is 49.3 Å². The normalized spacial score (nSPS) is 13.5. The minimum atomic E-state index is -0.714. The molecular weight excluding hydrogens is 240 g/mol. The van der Waals surface area contributed by atoms with Crippen LogP contribution in [0.4, 0.5) is 0 Å². The van der Waals surface area contributed by atoms with Crippen molar-refractivity contribution in [3.63, 3.8) is 0 Å². The Labute approximate surface area is 118 Å². The molecule has 19 heavy (non-hydrogen) atoms. The Morgan fingerprint density at radius 3 is 2.21 bits per heavy atom. The number of nitrogens with zero attached hydrogens (tertiary/aromatic N) is 1. The van der Waals surface area contributed by atoms with Crippen LogP contribution in [0, 0.1) is 0 Å². The van der Waals surface area contributed by atoms with E-state index in [1.165, 1.54) is 32.1 Å². The van der Waals surface area contributed by atoms with Gasteiger partial charge in [-0.15, -0.1) is 0 Å². The van der Waals surface area contributed by atoms with E-state index in [4.69, 9.17) is 5.11 Å². The summed E-state index contributed by atoms with van der Waals surface area (Å²) in [4.78, 5) is 10.9. The van der Waals surface area contributed by atoms with Crippen LogP contribution in [-0.2, 0) is 4.79 Å². The van der Waals surface area contributed by atoms with Crippen molar-refractivity contribution < 1.29 is 14.4 Å². The number of quaternary nitrogens is 1. The number of carboxylic acids is 1. The van der Waals surface area contributed by atoms with Gasteiger partial charge in [0.2, 0.25) is 0 Å². The lowest BCUT2D eigenvalue weighted by Gasteiger charge is -2.29. The van der Waals surface area contributed by atoms with E-state index in [1.54, 1.807) is 0 Å². The third-order valence-electron chi connectivity index (χ3n) is 3.15. The Morgan fingerprint density at radius 1 is 1.11 bits per heavy atom. The van der Waals surface area contributed by atoms with Crippen molar-refractivity contribution >= 4 is 5.97 Å². The average molecular weight is 273 g/mol. The van der Waals surface area contributed by atoms with Gasteiger partial charge in [0, 0.05) is 0 Å². The molecule has 0 aliphatic carbocycles. The molecule has 114 valence electrons. The number of hydrogen-bond donors (Lipinski definition) is 2. The zero-order chi connectivity index (χ0) is 14.7. The first-order valence-electron chi connectivity index (χ1n) is 7.60. The highest BCUT2D eigenvalue weighted by Gasteiger charge is 2.20. The van der Waals surface area contributed by atoms with Gasteiger partial charge in [-0.25, -0.2) is 0 Å². The van der Waals surface area contributed by atoms with E-state index in [0.29, 0.717) is 0 Å². The first-order valence-corrected chi connectivity index (χ1v) is 7.60. The number of likely N-dealkylation sites (N-methyl/N-ethyl adjacent to an activating group) is 1. The molecule has 0 heterocycles. The second-order valence-corrected chi connectivity index (χ2v) is 6.49. The maximum absolute atomic E-state index is 10.9. The Bertz CT molecular complexity index is 237. The molecule has 1 atom stereocenters. The molecule has 0 spiro atoms. The molecule has 0 rings (SSSR count). The summed E-state index contributed by atoms with van der Waals surface area (Å²) in [7, 11) is 6.30. The standard InChI is InChI=1S/C15H32N2O2/c1-5-6-7-8-9-10-11-16-14(12-15(18)19)13-17(2,3)4/h14,16H,5-13H2,1-4H3/p+1/t14-/m0/s1. The highest BCUT2D eigenvalue weighted by Crippen LogP contribution is 2.05. The van der Waals surface area contributed by atoms with Crippen molar-refractivity contribution in [2.45, 2.75) is 57.9 Å². The van der Waals surface area contributed by atoms with E-state index in [0.717, 1.165) is 24.0 Å². The van der Waals surface area contributed by atoms with Gasteiger partial charge in [-0.05, 0) is 13.0 Å². The predicted octanol–water partition coefficient (Wildman–Crippen LogP) is 2.49. The first-order chi connectivity index (χ1) is 8.85. The number of hydrogen-bond acceptors (Lipinski definition) is 2. The number of nitrogens with one attached hydrogen (secondary N) is 1. The van der Waals surface area contributed by atoms with Gasteiger partial charge in [0.15, 0.2) is 0 Å². The average Bonchev–Trinajstić information content (AvgIpc) is 2.24. The largest absolute Gasteiger partial charge is 0.481 e. The SMILES string of the molecule is CCCCCCCCN[C@@H](CC(=O)O)C[N+](C)(C)C. The van der Waals surface area contributed by atoms with E-state index in [1.807, 2.05) is 0 Å². The summed E-state index contributed by atoms with van der Waals surface area (Å²) in [6.07, 6.45) is 7.85. The molecule has 0 aromatic heterocycles. The Morgan fingerprint density at radius 2 is 1.68 bits per heavy atom. The van der Waals surface area contributed by atoms with Crippen molar-refractivity contribution in [1.82, 2.24) is 5.32 Å². The van der Waals surface area contributed by atoms with Gasteiger partial charge in [-0.3, -0.25) is 4.79 Å². The Hall–Kier alpha value is -0.610. The van der Waals surface area contributed by atoms with Crippen LogP contribution in [0.15, 0.2) is 0 Å². The van der Waals surface area contributed by atoms with Crippen LogP contribution in [0.3, 0.4) is 0 Å². The number of carboxylic acid groups (broad SMARTS) is 1. The number of rotatable bonds is 12. The highest BCUT2D eigenvalue weighted by atomic mass is 16.4. The molecule has 4 nitrogen and oxygen atoms in total. The molecule has 0 bridgehead atoms. The van der Waals surface area contributed by atoms with Crippen LogP contribution in [0.2, 0.25) is 0 Å². The van der Waals surface area contributed by atoms with Crippen LogP contribution in [0.1, 0.15) is 51.9 Å². The molecule has 4 heteroatoms. The molecule has 0 saturated carbocycles. The molecule has 0 amide bonds. The fourth-order valence-corrected chi connectivity index (χ4v) is 2.28. The quantitative estimate of drug-likeness (QED) is 0.424. The lowest BCUT2D eigenvalue weighted by atomic mass is 10.1. The van der Waals surface area contributed by atoms with E-state index in [-0.39, 0.29) is 12.5 Å². The van der Waals surface area contributed by atoms with Crippen LogP contribution >= 0.6 is 0 Å². The molecule has 2 N–H and O–H groups in total. The second-order valence-electron chi connectivity index (χ2n) is 6.49. The maximum atomic E-state index is 10.9. The van der Waals surface area contributed by atoms with E-state index in [9.17, 15) is 4.79 Å². The van der Waals surface area contributed by atoms with Crippen molar-refractivity contribution in [3.8, 4) is 0 Å². The van der Waals surface area contributed by atoms with Crippen LogP contribution in [0.25, 0.3) is 0 Å². The van der Waals surface area contributed by atoms with Crippen LogP contribution in [0.5, 0.6) is 0 Å². The van der Waals surface area contributed by atoms with Gasteiger partial charge >= 0.3 is 5.97 Å². The summed E-state index contributed by atoms with van der Waals surface area (Å²) in [5, 5.41) is 12.3. The summed E-state index contributed by atoms with van der Waals surface area (Å²) in [6.45, 7) is 4.01. The summed E-state index contributed by atoms with van der Waals surface area (Å²) in [5.41, 5.74) is 0. The summed E-state index contributed by atoms with van der Waals surface area (Å²) in [5.74, 6) is -0.714. The Kier molecular flexibility index (Phi) is 9.88. The molecule has 0 aromatic rings. The smallest absolute Gasteiger partial charge is 0.305 e. The summed E-state index contributed by atoms with van der Waals surface area (Å²) >= 11 is 0. The van der Waals surface area contributed by atoms with Gasteiger partial charge in [-0.2, -0.15) is 0 Å². The molecule has 0 fully saturated rings. The molecular formula is C15H33N2O2+. The molecule has 0 radical (unpaired) electrons.